The van der Waals surface area contributed by atoms with E-state index in [0.29, 0.717) is 0 Å². The molecule has 0 saturated carbocycles. The maximum absolute atomic E-state index is 12.2. The zero-order valence-corrected chi connectivity index (χ0v) is 9.29. The van der Waals surface area contributed by atoms with Gasteiger partial charge in [0.25, 0.3) is 5.91 Å². The number of carbonyl (C=O) groups excluding carboxylic acids is 1. The second kappa shape index (κ2) is 4.64. The number of nitrogens with zero attached hydrogens (tertiary/aromatic N) is 4. The van der Waals surface area contributed by atoms with E-state index in [-0.39, 0.29) is 22.2 Å². The van der Waals surface area contributed by atoms with Gasteiger partial charge >= 0.3 is 6.18 Å². The number of alkyl halides is 3. The number of anilines is 1. The topological polar surface area (TPSA) is 80.7 Å². The van der Waals surface area contributed by atoms with Gasteiger partial charge < -0.3 is 0 Å². The molecular weight excluding hydrogens is 271 g/mol. The lowest BCUT2D eigenvalue weighted by Gasteiger charge is -1.99. The largest absolute Gasteiger partial charge is 0.445 e. The van der Waals surface area contributed by atoms with Crippen molar-refractivity contribution in [3.05, 3.63) is 29.3 Å². The van der Waals surface area contributed by atoms with Crippen molar-refractivity contribution in [3.8, 4) is 0 Å². The highest BCUT2D eigenvalue weighted by Crippen LogP contribution is 2.32. The van der Waals surface area contributed by atoms with Crippen molar-refractivity contribution in [1.82, 2.24) is 20.2 Å². The van der Waals surface area contributed by atoms with Gasteiger partial charge in [0.05, 0.1) is 6.20 Å². The summed E-state index contributed by atoms with van der Waals surface area (Å²) in [7, 11) is 0. The number of carbonyl (C=O) groups is 1. The average Bonchev–Trinajstić information content (AvgIpc) is 2.78. The van der Waals surface area contributed by atoms with Crippen molar-refractivity contribution in [3.63, 3.8) is 0 Å². The average molecular weight is 275 g/mol. The second-order valence-electron chi connectivity index (χ2n) is 2.95. The van der Waals surface area contributed by atoms with Gasteiger partial charge in [-0.15, -0.1) is 10.2 Å². The number of hydrogen-bond donors (Lipinski definition) is 1. The molecule has 0 radical (unpaired) electrons. The van der Waals surface area contributed by atoms with Crippen LogP contribution in [0.2, 0.25) is 0 Å². The first kappa shape index (κ1) is 12.4. The summed E-state index contributed by atoms with van der Waals surface area (Å²) in [6.07, 6.45) is -0.742. The Morgan fingerprint density at radius 2 is 2.06 bits per heavy atom. The highest BCUT2D eigenvalue weighted by Gasteiger charge is 2.35. The summed E-state index contributed by atoms with van der Waals surface area (Å²) < 4.78 is 36.7. The lowest BCUT2D eigenvalue weighted by atomic mass is 10.4. The van der Waals surface area contributed by atoms with E-state index < -0.39 is 17.1 Å². The molecular formula is C8H4F3N5OS. The van der Waals surface area contributed by atoms with Crippen LogP contribution < -0.4 is 5.32 Å². The van der Waals surface area contributed by atoms with Crippen LogP contribution in [0.1, 0.15) is 15.5 Å². The van der Waals surface area contributed by atoms with Crippen LogP contribution in [0.4, 0.5) is 18.3 Å². The molecule has 0 aromatic carbocycles. The van der Waals surface area contributed by atoms with Gasteiger partial charge in [-0.2, -0.15) is 13.2 Å². The van der Waals surface area contributed by atoms with E-state index in [2.05, 4.69) is 25.5 Å². The van der Waals surface area contributed by atoms with Gasteiger partial charge in [-0.3, -0.25) is 15.1 Å². The molecule has 6 nitrogen and oxygen atoms in total. The monoisotopic (exact) mass is 275 g/mol. The van der Waals surface area contributed by atoms with Gasteiger partial charge in [0.15, 0.2) is 0 Å². The molecule has 2 rings (SSSR count). The van der Waals surface area contributed by atoms with Crippen molar-refractivity contribution in [2.75, 3.05) is 5.32 Å². The van der Waals surface area contributed by atoms with Gasteiger partial charge in [0.1, 0.15) is 5.69 Å². The van der Waals surface area contributed by atoms with Gasteiger partial charge in [0, 0.05) is 12.4 Å². The van der Waals surface area contributed by atoms with E-state index in [1.54, 1.807) is 0 Å². The van der Waals surface area contributed by atoms with Crippen LogP contribution >= 0.6 is 11.3 Å². The molecule has 2 aromatic heterocycles. The van der Waals surface area contributed by atoms with Crippen molar-refractivity contribution >= 4 is 22.4 Å². The summed E-state index contributed by atoms with van der Waals surface area (Å²) in [6.45, 7) is 0. The summed E-state index contributed by atoms with van der Waals surface area (Å²) in [6, 6.07) is 0. The summed E-state index contributed by atoms with van der Waals surface area (Å²) in [4.78, 5) is 18.9. The zero-order chi connectivity index (χ0) is 13.2. The maximum atomic E-state index is 12.2. The number of nitrogens with one attached hydrogen (secondary N) is 1. The first-order valence-electron chi connectivity index (χ1n) is 4.45. The molecule has 0 aliphatic carbocycles. The number of halogens is 3. The number of aromatic nitrogens is 4. The predicted molar refractivity (Wildman–Crippen MR) is 54.9 cm³/mol. The standard InChI is InChI=1S/C8H4F3N5OS/c9-8(10,11)6-15-16-7(18-6)14-5(17)4-3-12-1-2-13-4/h1-3H,(H,14,16,17). The number of hydrogen-bond acceptors (Lipinski definition) is 6. The Bertz CT molecular complexity index is 555. The molecule has 94 valence electrons. The Morgan fingerprint density at radius 1 is 1.28 bits per heavy atom. The van der Waals surface area contributed by atoms with Gasteiger partial charge in [-0.05, 0) is 0 Å². The van der Waals surface area contributed by atoms with Crippen LogP contribution in [-0.2, 0) is 6.18 Å². The van der Waals surface area contributed by atoms with Gasteiger partial charge in [-0.25, -0.2) is 4.98 Å². The molecule has 0 fully saturated rings. The van der Waals surface area contributed by atoms with Gasteiger partial charge in [-0.1, -0.05) is 11.3 Å². The van der Waals surface area contributed by atoms with E-state index >= 15 is 0 Å². The third-order valence-electron chi connectivity index (χ3n) is 1.68. The van der Waals surface area contributed by atoms with E-state index in [0.717, 1.165) is 0 Å². The Morgan fingerprint density at radius 3 is 2.61 bits per heavy atom. The van der Waals surface area contributed by atoms with E-state index in [9.17, 15) is 18.0 Å². The first-order chi connectivity index (χ1) is 8.47. The Kier molecular flexibility index (Phi) is 3.19. The number of rotatable bonds is 2. The molecule has 1 amide bonds. The summed E-state index contributed by atoms with van der Waals surface area (Å²) >= 11 is 0.235. The van der Waals surface area contributed by atoms with Crippen molar-refractivity contribution in [2.24, 2.45) is 0 Å². The molecule has 0 saturated heterocycles. The maximum Gasteiger partial charge on any atom is 0.445 e. The van der Waals surface area contributed by atoms with Crippen LogP contribution in [0.15, 0.2) is 18.6 Å². The Labute approximate surface area is 102 Å². The lowest BCUT2D eigenvalue weighted by molar-refractivity contribution is -0.138. The fraction of sp³-hybridized carbons (Fsp3) is 0.125. The second-order valence-corrected chi connectivity index (χ2v) is 3.93. The third-order valence-corrected chi connectivity index (χ3v) is 2.57. The fourth-order valence-electron chi connectivity index (χ4n) is 0.966. The molecule has 1 N–H and O–H groups in total. The Hall–Kier alpha value is -2.10. The van der Waals surface area contributed by atoms with Crippen LogP contribution in [0, 0.1) is 0 Å². The molecule has 0 bridgehead atoms. The fourth-order valence-corrected chi connectivity index (χ4v) is 1.57. The minimum absolute atomic E-state index is 0.0266. The molecule has 2 heterocycles. The number of amides is 1. The third kappa shape index (κ3) is 2.77. The molecule has 0 aliphatic heterocycles. The van der Waals surface area contributed by atoms with Crippen LogP contribution in [0.3, 0.4) is 0 Å². The molecule has 18 heavy (non-hydrogen) atoms. The highest BCUT2D eigenvalue weighted by atomic mass is 32.1. The minimum Gasteiger partial charge on any atom is -0.295 e. The zero-order valence-electron chi connectivity index (χ0n) is 8.47. The highest BCUT2D eigenvalue weighted by molar-refractivity contribution is 7.15. The molecule has 2 aromatic rings. The quantitative estimate of drug-likeness (QED) is 0.900. The Balaban J connectivity index is 2.11. The molecule has 0 unspecified atom stereocenters. The van der Waals surface area contributed by atoms with Crippen LogP contribution in [0.5, 0.6) is 0 Å². The lowest BCUT2D eigenvalue weighted by Crippen LogP contribution is -2.13. The van der Waals surface area contributed by atoms with E-state index in [1.807, 2.05) is 0 Å². The van der Waals surface area contributed by atoms with Crippen LogP contribution in [-0.4, -0.2) is 26.1 Å². The molecule has 0 aliphatic rings. The van der Waals surface area contributed by atoms with Crippen molar-refractivity contribution in [2.45, 2.75) is 6.18 Å². The molecule has 0 atom stereocenters. The summed E-state index contributed by atoms with van der Waals surface area (Å²) in [5.74, 6) is -0.701. The van der Waals surface area contributed by atoms with Crippen molar-refractivity contribution < 1.29 is 18.0 Å². The van der Waals surface area contributed by atoms with E-state index in [1.165, 1.54) is 18.6 Å². The van der Waals surface area contributed by atoms with E-state index in [4.69, 9.17) is 0 Å². The molecule has 0 spiro atoms. The molecule has 10 heteroatoms. The first-order valence-corrected chi connectivity index (χ1v) is 5.26. The van der Waals surface area contributed by atoms with Gasteiger partial charge in [0.2, 0.25) is 10.1 Å². The predicted octanol–water partition coefficient (Wildman–Crippen LogP) is 1.60. The normalized spacial score (nSPS) is 11.3. The van der Waals surface area contributed by atoms with Crippen LogP contribution in [0.25, 0.3) is 0 Å². The smallest absolute Gasteiger partial charge is 0.295 e. The summed E-state index contributed by atoms with van der Waals surface area (Å²) in [5.41, 5.74) is -0.0266. The summed E-state index contributed by atoms with van der Waals surface area (Å²) in [5, 5.41) is 6.92. The van der Waals surface area contributed by atoms with Crippen molar-refractivity contribution in [1.29, 1.82) is 0 Å². The minimum atomic E-state index is -4.58. The SMILES string of the molecule is O=C(Nc1nnc(C(F)(F)F)s1)c1cnccn1.